The van der Waals surface area contributed by atoms with Gasteiger partial charge in [-0.05, 0) is 26.3 Å². The molecule has 0 radical (unpaired) electrons. The van der Waals surface area contributed by atoms with E-state index >= 15 is 0 Å². The molecule has 0 aliphatic carbocycles. The highest BCUT2D eigenvalue weighted by molar-refractivity contribution is 5.47. The second kappa shape index (κ2) is 5.16. The molecule has 5 nitrogen and oxygen atoms in total. The molecule has 5 heteroatoms. The van der Waals surface area contributed by atoms with E-state index in [2.05, 4.69) is 35.6 Å². The van der Waals surface area contributed by atoms with E-state index in [0.29, 0.717) is 11.9 Å². The first-order valence-electron chi connectivity index (χ1n) is 6.18. The van der Waals surface area contributed by atoms with Gasteiger partial charge in [-0.2, -0.15) is 5.10 Å². The molecule has 0 spiro atoms. The molecule has 0 amide bonds. The van der Waals surface area contributed by atoms with Gasteiger partial charge in [0.2, 0.25) is 5.82 Å². The zero-order valence-electron chi connectivity index (χ0n) is 11.2. The maximum atomic E-state index is 4.58. The van der Waals surface area contributed by atoms with Gasteiger partial charge >= 0.3 is 0 Å². The van der Waals surface area contributed by atoms with Gasteiger partial charge in [0.1, 0.15) is 11.5 Å². The number of hydrogen-bond donors (Lipinski definition) is 0. The van der Waals surface area contributed by atoms with Crippen LogP contribution in [0.15, 0.2) is 24.9 Å². The second-order valence-corrected chi connectivity index (χ2v) is 4.59. The van der Waals surface area contributed by atoms with Crippen LogP contribution in [0.2, 0.25) is 0 Å². The summed E-state index contributed by atoms with van der Waals surface area (Å²) in [5.41, 5.74) is 0.816. The third-order valence-electron chi connectivity index (χ3n) is 2.71. The number of allylic oxidation sites excluding steroid dienone is 1. The number of hydrogen-bond acceptors (Lipinski definition) is 3. The molecule has 0 atom stereocenters. The highest BCUT2D eigenvalue weighted by atomic mass is 15.4. The maximum absolute atomic E-state index is 4.58. The Balaban J connectivity index is 2.35. The van der Waals surface area contributed by atoms with Gasteiger partial charge in [0.05, 0.1) is 0 Å². The van der Waals surface area contributed by atoms with Crippen molar-refractivity contribution in [2.75, 3.05) is 0 Å². The minimum atomic E-state index is 0.301. The molecular weight excluding hydrogens is 226 g/mol. The van der Waals surface area contributed by atoms with Crippen molar-refractivity contribution in [1.82, 2.24) is 24.5 Å². The fraction of sp³-hybridized carbons (Fsp3) is 0.462. The monoisotopic (exact) mass is 245 g/mol. The van der Waals surface area contributed by atoms with Crippen molar-refractivity contribution in [3.05, 3.63) is 30.7 Å². The van der Waals surface area contributed by atoms with Crippen LogP contribution in [-0.4, -0.2) is 24.5 Å². The molecule has 2 heterocycles. The summed E-state index contributed by atoms with van der Waals surface area (Å²) in [6, 6.07) is 2.23. The van der Waals surface area contributed by atoms with E-state index in [4.69, 9.17) is 0 Å². The van der Waals surface area contributed by atoms with Gasteiger partial charge in [-0.15, -0.1) is 11.7 Å². The topological polar surface area (TPSA) is 48.5 Å². The summed E-state index contributed by atoms with van der Waals surface area (Å²) < 4.78 is 3.72. The van der Waals surface area contributed by atoms with Crippen molar-refractivity contribution in [3.63, 3.8) is 0 Å². The fourth-order valence-corrected chi connectivity index (χ4v) is 1.81. The lowest BCUT2D eigenvalue weighted by atomic mass is 10.3. The van der Waals surface area contributed by atoms with Crippen LogP contribution >= 0.6 is 0 Å². The number of rotatable bonds is 5. The lowest BCUT2D eigenvalue weighted by Crippen LogP contribution is -2.08. The molecule has 0 N–H and O–H groups in total. The van der Waals surface area contributed by atoms with Gasteiger partial charge in [-0.3, -0.25) is 4.68 Å². The van der Waals surface area contributed by atoms with Crippen LogP contribution in [0.1, 0.15) is 32.1 Å². The molecular formula is C13H19N5. The Morgan fingerprint density at radius 2 is 2.17 bits per heavy atom. The minimum Gasteiger partial charge on any atom is -0.275 e. The molecule has 0 unspecified atom stereocenters. The van der Waals surface area contributed by atoms with Crippen molar-refractivity contribution in [2.45, 2.75) is 32.7 Å². The fourth-order valence-electron chi connectivity index (χ4n) is 1.81. The Morgan fingerprint density at radius 1 is 1.39 bits per heavy atom. The predicted molar refractivity (Wildman–Crippen MR) is 71.1 cm³/mol. The summed E-state index contributed by atoms with van der Waals surface area (Å²) in [7, 11) is 1.89. The first-order valence-corrected chi connectivity index (χ1v) is 6.18. The van der Waals surface area contributed by atoms with Crippen molar-refractivity contribution in [2.24, 2.45) is 7.05 Å². The molecule has 18 heavy (non-hydrogen) atoms. The Bertz CT molecular complexity index is 535. The van der Waals surface area contributed by atoms with E-state index in [-0.39, 0.29) is 0 Å². The summed E-state index contributed by atoms with van der Waals surface area (Å²) in [5.74, 6) is 1.69. The smallest absolute Gasteiger partial charge is 0.201 e. The molecule has 0 aromatic carbocycles. The van der Waals surface area contributed by atoms with Gasteiger partial charge in [0.15, 0.2) is 0 Å². The Hall–Kier alpha value is -1.91. The third kappa shape index (κ3) is 2.50. The number of aromatic nitrogens is 5. The van der Waals surface area contributed by atoms with Gasteiger partial charge < -0.3 is 0 Å². The van der Waals surface area contributed by atoms with Crippen LogP contribution in [0.25, 0.3) is 11.5 Å². The van der Waals surface area contributed by atoms with Crippen LogP contribution < -0.4 is 0 Å². The second-order valence-electron chi connectivity index (χ2n) is 4.59. The lowest BCUT2D eigenvalue weighted by molar-refractivity contribution is 0.505. The molecule has 96 valence electrons. The third-order valence-corrected chi connectivity index (χ3v) is 2.71. The van der Waals surface area contributed by atoms with Crippen LogP contribution in [-0.2, 0) is 13.5 Å². The molecule has 0 bridgehead atoms. The normalized spacial score (nSPS) is 11.1. The lowest BCUT2D eigenvalue weighted by Gasteiger charge is -2.07. The Kier molecular flexibility index (Phi) is 3.60. The quantitative estimate of drug-likeness (QED) is 0.760. The maximum Gasteiger partial charge on any atom is 0.201 e. The van der Waals surface area contributed by atoms with E-state index in [1.807, 2.05) is 30.1 Å². The standard InChI is InChI=1S/C13H19N5/c1-5-6-7-12-14-13(16-18(12)10(2)3)11-8-9-17(4)15-11/h5,8-10H,1,6-7H2,2-4H3. The summed E-state index contributed by atoms with van der Waals surface area (Å²) in [6.07, 6.45) is 5.57. The van der Waals surface area contributed by atoms with Crippen molar-refractivity contribution < 1.29 is 0 Å². The van der Waals surface area contributed by atoms with E-state index in [1.165, 1.54) is 0 Å². The number of aryl methyl sites for hydroxylation is 2. The van der Waals surface area contributed by atoms with E-state index in [9.17, 15) is 0 Å². The molecule has 0 aliphatic heterocycles. The summed E-state index contributed by atoms with van der Waals surface area (Å²) in [5, 5.41) is 8.87. The van der Waals surface area contributed by atoms with E-state index in [0.717, 1.165) is 24.4 Å². The predicted octanol–water partition coefficient (Wildman–Crippen LogP) is 2.38. The van der Waals surface area contributed by atoms with Gasteiger partial charge in [0, 0.05) is 25.7 Å². The minimum absolute atomic E-state index is 0.301. The first-order chi connectivity index (χ1) is 8.61. The molecule has 2 aromatic heterocycles. The molecule has 2 aromatic rings. The van der Waals surface area contributed by atoms with Crippen molar-refractivity contribution in [1.29, 1.82) is 0 Å². The van der Waals surface area contributed by atoms with Gasteiger partial charge in [-0.25, -0.2) is 9.67 Å². The Morgan fingerprint density at radius 3 is 2.72 bits per heavy atom. The van der Waals surface area contributed by atoms with Crippen LogP contribution in [0.5, 0.6) is 0 Å². The molecule has 0 aliphatic rings. The molecule has 0 saturated carbocycles. The molecule has 0 saturated heterocycles. The van der Waals surface area contributed by atoms with E-state index < -0.39 is 0 Å². The highest BCUT2D eigenvalue weighted by Gasteiger charge is 2.14. The average Bonchev–Trinajstić information content (AvgIpc) is 2.92. The van der Waals surface area contributed by atoms with Crippen LogP contribution in [0.4, 0.5) is 0 Å². The average molecular weight is 245 g/mol. The van der Waals surface area contributed by atoms with Crippen molar-refractivity contribution >= 4 is 0 Å². The van der Waals surface area contributed by atoms with E-state index in [1.54, 1.807) is 4.68 Å². The number of nitrogens with zero attached hydrogens (tertiary/aromatic N) is 5. The molecule has 0 fully saturated rings. The highest BCUT2D eigenvalue weighted by Crippen LogP contribution is 2.17. The zero-order valence-corrected chi connectivity index (χ0v) is 11.2. The summed E-state index contributed by atoms with van der Waals surface area (Å²) in [6.45, 7) is 7.96. The first kappa shape index (κ1) is 12.5. The van der Waals surface area contributed by atoms with Gasteiger partial charge in [-0.1, -0.05) is 6.08 Å². The Labute approximate surface area is 107 Å². The molecule has 2 rings (SSSR count). The summed E-state index contributed by atoms with van der Waals surface area (Å²) >= 11 is 0. The van der Waals surface area contributed by atoms with Crippen molar-refractivity contribution in [3.8, 4) is 11.5 Å². The largest absolute Gasteiger partial charge is 0.275 e. The SMILES string of the molecule is C=CCCc1nc(-c2ccn(C)n2)nn1C(C)C. The van der Waals surface area contributed by atoms with Crippen LogP contribution in [0.3, 0.4) is 0 Å². The summed E-state index contributed by atoms with van der Waals surface area (Å²) in [4.78, 5) is 4.58. The van der Waals surface area contributed by atoms with Crippen LogP contribution in [0, 0.1) is 0 Å². The zero-order chi connectivity index (χ0) is 13.1. The van der Waals surface area contributed by atoms with Gasteiger partial charge in [0.25, 0.3) is 0 Å².